The number of amides is 1. The van der Waals surface area contributed by atoms with Crippen molar-refractivity contribution in [3.05, 3.63) is 48.6 Å². The van der Waals surface area contributed by atoms with Gasteiger partial charge in [0.1, 0.15) is 0 Å². The maximum absolute atomic E-state index is 12.1. The molecule has 1 rings (SSSR count). The van der Waals surface area contributed by atoms with Gasteiger partial charge in [0.2, 0.25) is 5.91 Å². The zero-order valence-electron chi connectivity index (χ0n) is 12.6. The molecule has 0 saturated carbocycles. The molecule has 0 aliphatic carbocycles. The highest BCUT2D eigenvalue weighted by Gasteiger charge is 2.11. The first-order valence-corrected chi connectivity index (χ1v) is 6.90. The maximum Gasteiger partial charge on any atom is 0.236 e. The fraction of sp³-hybridized carbons (Fsp3) is 0.438. The van der Waals surface area contributed by atoms with Crippen LogP contribution < -0.4 is 5.32 Å². The topological polar surface area (TPSA) is 41.6 Å². The Kier molecular flexibility index (Phi) is 11.6. The Bertz CT molecular complexity index is 399. The second kappa shape index (κ2) is 12.4. The summed E-state index contributed by atoms with van der Waals surface area (Å²) >= 11 is 0. The van der Waals surface area contributed by atoms with Crippen molar-refractivity contribution < 1.29 is 9.53 Å². The van der Waals surface area contributed by atoms with Crippen LogP contribution in [0.5, 0.6) is 0 Å². The number of nitrogens with zero attached hydrogens (tertiary/aromatic N) is 1. The number of carbonyl (C=O) groups excluding carboxylic acids is 1. The van der Waals surface area contributed by atoms with Crippen LogP contribution in [0.25, 0.3) is 0 Å². The summed E-state index contributed by atoms with van der Waals surface area (Å²) in [7, 11) is 1.65. The first kappa shape index (κ1) is 19.6. The highest BCUT2D eigenvalue weighted by molar-refractivity contribution is 5.85. The Morgan fingerprint density at radius 3 is 2.71 bits per heavy atom. The Hall–Kier alpha value is -1.36. The van der Waals surface area contributed by atoms with Crippen molar-refractivity contribution in [2.45, 2.75) is 6.42 Å². The van der Waals surface area contributed by atoms with Gasteiger partial charge in [-0.05, 0) is 12.0 Å². The quantitative estimate of drug-likeness (QED) is 0.530. The van der Waals surface area contributed by atoms with Crippen LogP contribution in [0.2, 0.25) is 0 Å². The summed E-state index contributed by atoms with van der Waals surface area (Å²) in [6.07, 6.45) is 2.62. The Labute approximate surface area is 133 Å². The van der Waals surface area contributed by atoms with E-state index in [9.17, 15) is 4.79 Å². The predicted molar refractivity (Wildman–Crippen MR) is 88.9 cm³/mol. The smallest absolute Gasteiger partial charge is 0.236 e. The number of hydrogen-bond donors (Lipinski definition) is 1. The molecule has 1 N–H and O–H groups in total. The third kappa shape index (κ3) is 8.50. The van der Waals surface area contributed by atoms with Crippen LogP contribution >= 0.6 is 12.4 Å². The summed E-state index contributed by atoms with van der Waals surface area (Å²) in [6, 6.07) is 10.2. The lowest BCUT2D eigenvalue weighted by molar-refractivity contribution is -0.129. The van der Waals surface area contributed by atoms with Crippen molar-refractivity contribution in [3.63, 3.8) is 0 Å². The van der Waals surface area contributed by atoms with E-state index in [1.165, 1.54) is 5.56 Å². The van der Waals surface area contributed by atoms with Crippen molar-refractivity contribution in [2.75, 3.05) is 39.9 Å². The largest absolute Gasteiger partial charge is 0.383 e. The fourth-order valence-electron chi connectivity index (χ4n) is 1.86. The summed E-state index contributed by atoms with van der Waals surface area (Å²) in [5, 5.41) is 3.07. The number of ether oxygens (including phenoxy) is 1. The summed E-state index contributed by atoms with van der Waals surface area (Å²) in [4.78, 5) is 13.9. The van der Waals surface area contributed by atoms with E-state index in [1.54, 1.807) is 13.2 Å². The SMILES string of the molecule is C=CCN(CCc1ccccc1)C(=O)CNCCOC.Cl. The third-order valence-corrected chi connectivity index (χ3v) is 2.97. The molecule has 1 aromatic rings. The highest BCUT2D eigenvalue weighted by atomic mass is 35.5. The van der Waals surface area contributed by atoms with E-state index in [0.717, 1.165) is 6.42 Å². The van der Waals surface area contributed by atoms with Gasteiger partial charge in [-0.3, -0.25) is 4.79 Å². The molecule has 0 aliphatic rings. The average molecular weight is 313 g/mol. The van der Waals surface area contributed by atoms with E-state index in [4.69, 9.17) is 4.74 Å². The third-order valence-electron chi connectivity index (χ3n) is 2.97. The molecule has 0 radical (unpaired) electrons. The van der Waals surface area contributed by atoms with Crippen molar-refractivity contribution >= 4 is 18.3 Å². The molecule has 0 atom stereocenters. The van der Waals surface area contributed by atoms with E-state index in [0.29, 0.717) is 32.8 Å². The lowest BCUT2D eigenvalue weighted by Crippen LogP contribution is -2.40. The Morgan fingerprint density at radius 2 is 2.10 bits per heavy atom. The lowest BCUT2D eigenvalue weighted by atomic mass is 10.1. The number of halogens is 1. The molecule has 0 heterocycles. The molecule has 0 spiro atoms. The molecule has 4 nitrogen and oxygen atoms in total. The van der Waals surface area contributed by atoms with E-state index >= 15 is 0 Å². The molecule has 1 amide bonds. The van der Waals surface area contributed by atoms with Crippen molar-refractivity contribution in [1.82, 2.24) is 10.2 Å². The number of methoxy groups -OCH3 is 1. The Morgan fingerprint density at radius 1 is 1.38 bits per heavy atom. The minimum absolute atomic E-state index is 0. The molecule has 21 heavy (non-hydrogen) atoms. The van der Waals surface area contributed by atoms with Gasteiger partial charge < -0.3 is 15.0 Å². The normalized spacial score (nSPS) is 9.76. The van der Waals surface area contributed by atoms with Gasteiger partial charge in [0.05, 0.1) is 13.2 Å². The molecule has 0 saturated heterocycles. The van der Waals surface area contributed by atoms with E-state index < -0.39 is 0 Å². The zero-order valence-corrected chi connectivity index (χ0v) is 13.4. The molecule has 0 aliphatic heterocycles. The van der Waals surface area contributed by atoms with Crippen LogP contribution in [0, 0.1) is 0 Å². The molecule has 0 bridgehead atoms. The van der Waals surface area contributed by atoms with Gasteiger partial charge in [-0.25, -0.2) is 0 Å². The monoisotopic (exact) mass is 312 g/mol. The molecule has 0 aromatic heterocycles. The molecular formula is C16H25ClN2O2. The first-order valence-electron chi connectivity index (χ1n) is 6.90. The summed E-state index contributed by atoms with van der Waals surface area (Å²) < 4.78 is 4.93. The van der Waals surface area contributed by atoms with Crippen LogP contribution in [0.15, 0.2) is 43.0 Å². The van der Waals surface area contributed by atoms with Gasteiger partial charge in [-0.15, -0.1) is 19.0 Å². The number of nitrogens with one attached hydrogen (secondary N) is 1. The van der Waals surface area contributed by atoms with E-state index in [1.807, 2.05) is 23.1 Å². The number of rotatable bonds is 10. The minimum Gasteiger partial charge on any atom is -0.383 e. The fourth-order valence-corrected chi connectivity index (χ4v) is 1.86. The van der Waals surface area contributed by atoms with Crippen molar-refractivity contribution in [2.24, 2.45) is 0 Å². The van der Waals surface area contributed by atoms with Crippen molar-refractivity contribution in [1.29, 1.82) is 0 Å². The van der Waals surface area contributed by atoms with Crippen LogP contribution in [0.1, 0.15) is 5.56 Å². The lowest BCUT2D eigenvalue weighted by Gasteiger charge is -2.21. The standard InChI is InChI=1S/C16H24N2O2.ClH/c1-3-11-18(16(19)14-17-10-13-20-2)12-9-15-7-5-4-6-8-15;/h3-8,17H,1,9-14H2,2H3;1H. The number of hydrogen-bond acceptors (Lipinski definition) is 3. The summed E-state index contributed by atoms with van der Waals surface area (Å²) in [5.74, 6) is 0.0944. The zero-order chi connectivity index (χ0) is 14.6. The predicted octanol–water partition coefficient (Wildman–Crippen LogP) is 1.90. The minimum atomic E-state index is 0. The van der Waals surface area contributed by atoms with Crippen LogP contribution in [-0.2, 0) is 16.0 Å². The van der Waals surface area contributed by atoms with Crippen molar-refractivity contribution in [3.8, 4) is 0 Å². The maximum atomic E-state index is 12.1. The molecular weight excluding hydrogens is 288 g/mol. The molecule has 0 fully saturated rings. The van der Waals surface area contributed by atoms with Gasteiger partial charge in [-0.1, -0.05) is 36.4 Å². The van der Waals surface area contributed by atoms with Crippen LogP contribution in [0.4, 0.5) is 0 Å². The van der Waals surface area contributed by atoms with E-state index in [2.05, 4.69) is 24.0 Å². The molecule has 1 aromatic carbocycles. The second-order valence-corrected chi connectivity index (χ2v) is 4.53. The van der Waals surface area contributed by atoms with Crippen LogP contribution in [0.3, 0.4) is 0 Å². The van der Waals surface area contributed by atoms with Gasteiger partial charge in [0, 0.05) is 26.7 Å². The van der Waals surface area contributed by atoms with Gasteiger partial charge in [0.15, 0.2) is 0 Å². The summed E-state index contributed by atoms with van der Waals surface area (Å²) in [6.45, 7) is 6.64. The van der Waals surface area contributed by atoms with Gasteiger partial charge in [0.25, 0.3) is 0 Å². The Balaban J connectivity index is 0.00000400. The van der Waals surface area contributed by atoms with Gasteiger partial charge in [-0.2, -0.15) is 0 Å². The average Bonchev–Trinajstić information content (AvgIpc) is 2.49. The first-order chi connectivity index (χ1) is 9.77. The highest BCUT2D eigenvalue weighted by Crippen LogP contribution is 2.02. The molecule has 0 unspecified atom stereocenters. The molecule has 5 heteroatoms. The summed E-state index contributed by atoms with van der Waals surface area (Å²) in [5.41, 5.74) is 1.24. The molecule has 118 valence electrons. The van der Waals surface area contributed by atoms with Crippen LogP contribution in [-0.4, -0.2) is 50.7 Å². The number of carbonyl (C=O) groups is 1. The second-order valence-electron chi connectivity index (χ2n) is 4.53. The number of benzene rings is 1. The van der Waals surface area contributed by atoms with Gasteiger partial charge >= 0.3 is 0 Å². The van der Waals surface area contributed by atoms with E-state index in [-0.39, 0.29) is 18.3 Å².